The van der Waals surface area contributed by atoms with Gasteiger partial charge in [0.25, 0.3) is 5.91 Å². The fourth-order valence-corrected chi connectivity index (χ4v) is 4.27. The molecule has 154 valence electrons. The molecule has 1 saturated carbocycles. The Kier molecular flexibility index (Phi) is 8.23. The van der Waals surface area contributed by atoms with E-state index in [0.717, 1.165) is 22.8 Å². The second kappa shape index (κ2) is 10.2. The molecule has 1 aliphatic rings. The molecule has 1 aromatic rings. The van der Waals surface area contributed by atoms with E-state index in [1.165, 1.54) is 23.1 Å². The van der Waals surface area contributed by atoms with Crippen LogP contribution < -0.4 is 5.32 Å². The Bertz CT molecular complexity index is 769. The lowest BCUT2D eigenvalue weighted by Gasteiger charge is -2.06. The second-order valence-electron chi connectivity index (χ2n) is 6.26. The fraction of sp³-hybridized carbons (Fsp3) is 0.556. The summed E-state index contributed by atoms with van der Waals surface area (Å²) in [6.45, 7) is 2.06. The zero-order chi connectivity index (χ0) is 20.7. The molecule has 1 amide bonds. The molecular formula is C18H22F3N3O2S2. The van der Waals surface area contributed by atoms with E-state index in [0.29, 0.717) is 23.0 Å². The molecule has 28 heavy (non-hydrogen) atoms. The molecule has 0 unspecified atom stereocenters. The van der Waals surface area contributed by atoms with Crippen molar-refractivity contribution in [1.82, 2.24) is 10.3 Å². The Balaban J connectivity index is 1.96. The van der Waals surface area contributed by atoms with Crippen LogP contribution in [0.2, 0.25) is 0 Å². The van der Waals surface area contributed by atoms with Gasteiger partial charge >= 0.3 is 6.18 Å². The maximum absolute atomic E-state index is 12.5. The molecule has 0 saturated heterocycles. The Hall–Kier alpha value is -1.68. The number of thioether (sulfide) groups is 1. The van der Waals surface area contributed by atoms with Crippen molar-refractivity contribution in [1.29, 1.82) is 0 Å². The molecule has 1 aromatic heterocycles. The standard InChI is InChI=1S/C18H22F3N3O2S2/c1-3-9-23-16(27-2)17-24-13(14(28-17)11-7-8-11)15(26)22-10-5-4-6-12(25)18(19,20)21/h3,9,11H,4-8,10H2,1-2H3,(H,22,26)/b9-3+,23-16?. The normalized spacial score (nSPS) is 15.2. The summed E-state index contributed by atoms with van der Waals surface area (Å²) >= 11 is 2.91. The van der Waals surface area contributed by atoms with Gasteiger partial charge in [0.05, 0.1) is 0 Å². The number of unbranched alkanes of at least 4 members (excludes halogenated alkanes) is 1. The minimum Gasteiger partial charge on any atom is -0.351 e. The molecule has 5 nitrogen and oxygen atoms in total. The van der Waals surface area contributed by atoms with Crippen LogP contribution in [0.3, 0.4) is 0 Å². The van der Waals surface area contributed by atoms with Gasteiger partial charge in [-0.1, -0.05) is 6.08 Å². The number of amides is 1. The van der Waals surface area contributed by atoms with E-state index >= 15 is 0 Å². The Morgan fingerprint density at radius 3 is 2.64 bits per heavy atom. The van der Waals surface area contributed by atoms with Crippen molar-refractivity contribution in [2.24, 2.45) is 4.99 Å². The lowest BCUT2D eigenvalue weighted by molar-refractivity contribution is -0.171. The molecule has 0 spiro atoms. The van der Waals surface area contributed by atoms with Crippen LogP contribution in [-0.4, -0.2) is 40.7 Å². The number of aliphatic imine (C=N–C) groups is 1. The third kappa shape index (κ3) is 6.44. The predicted octanol–water partition coefficient (Wildman–Crippen LogP) is 4.70. The number of hydrogen-bond donors (Lipinski definition) is 1. The first-order valence-corrected chi connectivity index (χ1v) is 10.9. The average Bonchev–Trinajstić information content (AvgIpc) is 3.40. The number of thiazole rings is 1. The number of nitrogens with one attached hydrogen (secondary N) is 1. The van der Waals surface area contributed by atoms with Gasteiger partial charge in [0.2, 0.25) is 5.78 Å². The predicted molar refractivity (Wildman–Crippen MR) is 106 cm³/mol. The third-order valence-electron chi connectivity index (χ3n) is 3.97. The van der Waals surface area contributed by atoms with Crippen LogP contribution in [-0.2, 0) is 4.79 Å². The van der Waals surface area contributed by atoms with Gasteiger partial charge in [-0.05, 0) is 44.8 Å². The number of rotatable bonds is 9. The highest BCUT2D eigenvalue weighted by Crippen LogP contribution is 2.45. The number of carbonyl (C=O) groups is 2. The summed E-state index contributed by atoms with van der Waals surface area (Å²) in [5.41, 5.74) is 0.371. The zero-order valence-corrected chi connectivity index (χ0v) is 17.3. The lowest BCUT2D eigenvalue weighted by atomic mass is 10.1. The van der Waals surface area contributed by atoms with Crippen LogP contribution in [0.1, 0.15) is 65.3 Å². The molecule has 2 rings (SSSR count). The van der Waals surface area contributed by atoms with E-state index in [-0.39, 0.29) is 18.9 Å². The average molecular weight is 434 g/mol. The van der Waals surface area contributed by atoms with Crippen molar-refractivity contribution in [3.63, 3.8) is 0 Å². The number of aromatic nitrogens is 1. The van der Waals surface area contributed by atoms with Crippen molar-refractivity contribution in [3.05, 3.63) is 27.9 Å². The van der Waals surface area contributed by atoms with Crippen molar-refractivity contribution in [3.8, 4) is 0 Å². The van der Waals surface area contributed by atoms with Gasteiger partial charge in [0.1, 0.15) is 15.7 Å². The molecule has 1 aliphatic carbocycles. The largest absolute Gasteiger partial charge is 0.449 e. The first-order chi connectivity index (χ1) is 13.3. The van der Waals surface area contributed by atoms with Crippen molar-refractivity contribution < 1.29 is 22.8 Å². The molecule has 0 bridgehead atoms. The summed E-state index contributed by atoms with van der Waals surface area (Å²) in [5, 5.41) is 4.12. The Labute approximate surface area is 169 Å². The first-order valence-electron chi connectivity index (χ1n) is 8.90. The third-order valence-corrected chi connectivity index (χ3v) is 6.01. The summed E-state index contributed by atoms with van der Waals surface area (Å²) < 4.78 is 36.5. The monoisotopic (exact) mass is 433 g/mol. The van der Waals surface area contributed by atoms with Gasteiger partial charge in [-0.15, -0.1) is 23.1 Å². The van der Waals surface area contributed by atoms with E-state index in [2.05, 4.69) is 15.3 Å². The number of hydrogen-bond acceptors (Lipinski definition) is 6. The summed E-state index contributed by atoms with van der Waals surface area (Å²) in [4.78, 5) is 33.1. The van der Waals surface area contributed by atoms with Crippen LogP contribution >= 0.6 is 23.1 Å². The van der Waals surface area contributed by atoms with E-state index in [1.807, 2.05) is 19.3 Å². The van der Waals surface area contributed by atoms with Gasteiger partial charge in [-0.2, -0.15) is 13.2 Å². The number of carbonyl (C=O) groups excluding carboxylic acids is 2. The molecule has 1 fully saturated rings. The van der Waals surface area contributed by atoms with Crippen molar-refractivity contribution in [2.45, 2.75) is 51.1 Å². The van der Waals surface area contributed by atoms with Crippen LogP contribution in [0.5, 0.6) is 0 Å². The minimum atomic E-state index is -4.79. The summed E-state index contributed by atoms with van der Waals surface area (Å²) in [7, 11) is 0. The summed E-state index contributed by atoms with van der Waals surface area (Å²) in [5.74, 6) is -1.73. The van der Waals surface area contributed by atoms with E-state index in [1.54, 1.807) is 6.20 Å². The quantitative estimate of drug-likeness (QED) is 0.348. The van der Waals surface area contributed by atoms with Gasteiger partial charge in [0.15, 0.2) is 0 Å². The summed E-state index contributed by atoms with van der Waals surface area (Å²) in [6.07, 6.45) is 2.42. The maximum atomic E-state index is 12.5. The number of halogens is 3. The number of nitrogens with zero attached hydrogens (tertiary/aromatic N) is 2. The number of allylic oxidation sites excluding steroid dienone is 1. The van der Waals surface area contributed by atoms with Crippen LogP contribution in [0.4, 0.5) is 13.2 Å². The van der Waals surface area contributed by atoms with Gasteiger partial charge in [0, 0.05) is 24.0 Å². The Morgan fingerprint density at radius 1 is 1.36 bits per heavy atom. The SMILES string of the molecule is C/C=C/N=C(SC)c1nc(C(=O)NCCCCC(=O)C(F)(F)F)c(C2CC2)s1. The fourth-order valence-electron chi connectivity index (χ4n) is 2.38. The number of alkyl halides is 3. The topological polar surface area (TPSA) is 71.4 Å². The molecule has 1 heterocycles. The smallest absolute Gasteiger partial charge is 0.351 e. The Morgan fingerprint density at radius 2 is 2.07 bits per heavy atom. The zero-order valence-electron chi connectivity index (χ0n) is 15.6. The van der Waals surface area contributed by atoms with Crippen molar-refractivity contribution in [2.75, 3.05) is 12.8 Å². The van der Waals surface area contributed by atoms with Gasteiger partial charge in [-0.3, -0.25) is 9.59 Å². The summed E-state index contributed by atoms with van der Waals surface area (Å²) in [6, 6.07) is 0. The molecule has 0 aromatic carbocycles. The van der Waals surface area contributed by atoms with Crippen LogP contribution in [0, 0.1) is 0 Å². The highest BCUT2D eigenvalue weighted by Gasteiger charge is 2.37. The maximum Gasteiger partial charge on any atom is 0.449 e. The van der Waals surface area contributed by atoms with E-state index in [9.17, 15) is 22.8 Å². The number of ketones is 1. The van der Waals surface area contributed by atoms with Gasteiger partial charge < -0.3 is 5.32 Å². The molecule has 10 heteroatoms. The highest BCUT2D eigenvalue weighted by atomic mass is 32.2. The molecular weight excluding hydrogens is 411 g/mol. The van der Waals surface area contributed by atoms with E-state index < -0.39 is 18.4 Å². The number of Topliss-reactive ketones (excluding diaryl/α,β-unsaturated/α-hetero) is 1. The highest BCUT2D eigenvalue weighted by molar-refractivity contribution is 8.14. The molecule has 0 radical (unpaired) electrons. The first kappa shape index (κ1) is 22.6. The lowest BCUT2D eigenvalue weighted by Crippen LogP contribution is -2.26. The van der Waals surface area contributed by atoms with Gasteiger partial charge in [-0.25, -0.2) is 9.98 Å². The van der Waals surface area contributed by atoms with Crippen molar-refractivity contribution >= 4 is 39.8 Å². The molecule has 0 aliphatic heterocycles. The second-order valence-corrected chi connectivity index (χ2v) is 8.09. The minimum absolute atomic E-state index is 0.0725. The van der Waals surface area contributed by atoms with E-state index in [4.69, 9.17) is 0 Å². The van der Waals surface area contributed by atoms with Crippen LogP contribution in [0.25, 0.3) is 0 Å². The van der Waals surface area contributed by atoms with Crippen LogP contribution in [0.15, 0.2) is 17.3 Å². The molecule has 1 N–H and O–H groups in total. The molecule has 0 atom stereocenters.